The average molecular weight is 180 g/mol. The maximum absolute atomic E-state index is 9.74. The average Bonchev–Trinajstić information content (AvgIpc) is 2.41. The fourth-order valence-corrected chi connectivity index (χ4v) is 1.37. The Hall–Kier alpha value is -1.09. The predicted octanol–water partition coefficient (Wildman–Crippen LogP) is 1.73. The summed E-state index contributed by atoms with van der Waals surface area (Å²) in [6.45, 7) is 5.54. The van der Waals surface area contributed by atoms with Gasteiger partial charge in [-0.1, -0.05) is 6.08 Å². The molecule has 0 bridgehead atoms. The first-order valence-electron chi connectivity index (χ1n) is 4.44. The molecule has 0 aliphatic carbocycles. The van der Waals surface area contributed by atoms with Crippen molar-refractivity contribution in [3.05, 3.63) is 30.1 Å². The SMILES string of the molecule is C=CCCC(O)c1cc(C)nn1C. The van der Waals surface area contributed by atoms with Crippen LogP contribution in [0.1, 0.15) is 30.3 Å². The van der Waals surface area contributed by atoms with Crippen LogP contribution in [0.2, 0.25) is 0 Å². The highest BCUT2D eigenvalue weighted by Crippen LogP contribution is 2.18. The van der Waals surface area contributed by atoms with Gasteiger partial charge in [-0.2, -0.15) is 5.10 Å². The molecule has 13 heavy (non-hydrogen) atoms. The summed E-state index contributed by atoms with van der Waals surface area (Å²) in [4.78, 5) is 0. The Morgan fingerprint density at radius 1 is 1.77 bits per heavy atom. The van der Waals surface area contributed by atoms with E-state index < -0.39 is 6.10 Å². The Bertz CT molecular complexity index is 291. The number of rotatable bonds is 4. The summed E-state index contributed by atoms with van der Waals surface area (Å²) >= 11 is 0. The molecule has 0 aromatic carbocycles. The van der Waals surface area contributed by atoms with Gasteiger partial charge < -0.3 is 5.11 Å². The molecule has 0 radical (unpaired) electrons. The maximum atomic E-state index is 9.74. The third kappa shape index (κ3) is 2.42. The molecule has 1 unspecified atom stereocenters. The van der Waals surface area contributed by atoms with Gasteiger partial charge in [0.15, 0.2) is 0 Å². The van der Waals surface area contributed by atoms with Crippen LogP contribution in [0.15, 0.2) is 18.7 Å². The normalized spacial score (nSPS) is 12.8. The second kappa shape index (κ2) is 4.23. The summed E-state index contributed by atoms with van der Waals surface area (Å²) in [5.41, 5.74) is 1.81. The predicted molar refractivity (Wildman–Crippen MR) is 52.3 cm³/mol. The van der Waals surface area contributed by atoms with Crippen LogP contribution in [0.5, 0.6) is 0 Å². The molecule has 1 N–H and O–H groups in total. The molecule has 72 valence electrons. The number of nitrogens with zero attached hydrogens (tertiary/aromatic N) is 2. The van der Waals surface area contributed by atoms with E-state index in [1.807, 2.05) is 26.1 Å². The van der Waals surface area contributed by atoms with Crippen molar-refractivity contribution in [1.82, 2.24) is 9.78 Å². The number of hydrogen-bond donors (Lipinski definition) is 1. The van der Waals surface area contributed by atoms with Gasteiger partial charge in [-0.05, 0) is 25.8 Å². The van der Waals surface area contributed by atoms with E-state index in [0.717, 1.165) is 17.8 Å². The first-order valence-corrected chi connectivity index (χ1v) is 4.44. The molecule has 3 nitrogen and oxygen atoms in total. The van der Waals surface area contributed by atoms with E-state index in [2.05, 4.69) is 11.7 Å². The van der Waals surface area contributed by atoms with Gasteiger partial charge in [0.1, 0.15) is 0 Å². The van der Waals surface area contributed by atoms with Crippen LogP contribution in [-0.2, 0) is 7.05 Å². The molecule has 0 aliphatic heterocycles. The Morgan fingerprint density at radius 3 is 2.92 bits per heavy atom. The first kappa shape index (κ1) is 9.99. The van der Waals surface area contributed by atoms with Crippen molar-refractivity contribution < 1.29 is 5.11 Å². The van der Waals surface area contributed by atoms with E-state index in [1.165, 1.54) is 0 Å². The monoisotopic (exact) mass is 180 g/mol. The molecule has 1 rings (SSSR count). The van der Waals surface area contributed by atoms with Gasteiger partial charge in [-0.25, -0.2) is 0 Å². The number of aliphatic hydroxyl groups is 1. The van der Waals surface area contributed by atoms with Crippen molar-refractivity contribution in [2.75, 3.05) is 0 Å². The Morgan fingerprint density at radius 2 is 2.46 bits per heavy atom. The van der Waals surface area contributed by atoms with Crippen LogP contribution in [0, 0.1) is 6.92 Å². The molecule has 0 spiro atoms. The molecule has 0 amide bonds. The highest BCUT2D eigenvalue weighted by atomic mass is 16.3. The second-order valence-corrected chi connectivity index (χ2v) is 3.22. The molecule has 3 heteroatoms. The van der Waals surface area contributed by atoms with Gasteiger partial charge in [-0.3, -0.25) is 4.68 Å². The van der Waals surface area contributed by atoms with Crippen LogP contribution >= 0.6 is 0 Å². The van der Waals surface area contributed by atoms with Crippen LogP contribution < -0.4 is 0 Å². The van der Waals surface area contributed by atoms with Gasteiger partial charge in [0.2, 0.25) is 0 Å². The highest BCUT2D eigenvalue weighted by Gasteiger charge is 2.11. The van der Waals surface area contributed by atoms with Crippen molar-refractivity contribution in [1.29, 1.82) is 0 Å². The number of aliphatic hydroxyl groups excluding tert-OH is 1. The molecule has 0 fully saturated rings. The lowest BCUT2D eigenvalue weighted by Crippen LogP contribution is -2.04. The van der Waals surface area contributed by atoms with E-state index in [1.54, 1.807) is 4.68 Å². The van der Waals surface area contributed by atoms with Crippen LogP contribution in [0.3, 0.4) is 0 Å². The minimum Gasteiger partial charge on any atom is -0.387 e. The lowest BCUT2D eigenvalue weighted by molar-refractivity contribution is 0.159. The van der Waals surface area contributed by atoms with Gasteiger partial charge >= 0.3 is 0 Å². The lowest BCUT2D eigenvalue weighted by Gasteiger charge is -2.08. The fourth-order valence-electron chi connectivity index (χ4n) is 1.37. The number of allylic oxidation sites excluding steroid dienone is 1. The zero-order valence-electron chi connectivity index (χ0n) is 8.20. The van der Waals surface area contributed by atoms with Gasteiger partial charge in [-0.15, -0.1) is 6.58 Å². The minimum absolute atomic E-state index is 0.427. The van der Waals surface area contributed by atoms with Crippen LogP contribution in [0.4, 0.5) is 0 Å². The third-order valence-corrected chi connectivity index (χ3v) is 2.02. The molecule has 1 heterocycles. The summed E-state index contributed by atoms with van der Waals surface area (Å²) in [6, 6.07) is 1.91. The first-order chi connectivity index (χ1) is 6.15. The zero-order valence-corrected chi connectivity index (χ0v) is 8.20. The summed E-state index contributed by atoms with van der Waals surface area (Å²) in [5.74, 6) is 0. The quantitative estimate of drug-likeness (QED) is 0.716. The molecule has 1 aromatic rings. The third-order valence-electron chi connectivity index (χ3n) is 2.02. The number of aromatic nitrogens is 2. The van der Waals surface area contributed by atoms with E-state index in [-0.39, 0.29) is 0 Å². The molecule has 0 aliphatic rings. The van der Waals surface area contributed by atoms with E-state index in [4.69, 9.17) is 0 Å². The summed E-state index contributed by atoms with van der Waals surface area (Å²) in [7, 11) is 1.85. The standard InChI is InChI=1S/C10H16N2O/c1-4-5-6-10(13)9-7-8(2)11-12(9)3/h4,7,10,13H,1,5-6H2,2-3H3. The van der Waals surface area contributed by atoms with Gasteiger partial charge in [0.05, 0.1) is 17.5 Å². The van der Waals surface area contributed by atoms with Crippen LogP contribution in [-0.4, -0.2) is 14.9 Å². The molecular formula is C10H16N2O. The zero-order chi connectivity index (χ0) is 9.84. The van der Waals surface area contributed by atoms with Gasteiger partial charge in [0.25, 0.3) is 0 Å². The van der Waals surface area contributed by atoms with Gasteiger partial charge in [0, 0.05) is 7.05 Å². The fraction of sp³-hybridized carbons (Fsp3) is 0.500. The van der Waals surface area contributed by atoms with E-state index >= 15 is 0 Å². The number of aryl methyl sites for hydroxylation is 2. The Balaban J connectivity index is 2.69. The van der Waals surface area contributed by atoms with Crippen molar-refractivity contribution in [3.8, 4) is 0 Å². The molecule has 1 aromatic heterocycles. The molecular weight excluding hydrogens is 164 g/mol. The van der Waals surface area contributed by atoms with Crippen molar-refractivity contribution in [2.45, 2.75) is 25.9 Å². The molecule has 1 atom stereocenters. The van der Waals surface area contributed by atoms with Crippen molar-refractivity contribution in [3.63, 3.8) is 0 Å². The Kier molecular flexibility index (Phi) is 3.25. The van der Waals surface area contributed by atoms with Crippen molar-refractivity contribution >= 4 is 0 Å². The maximum Gasteiger partial charge on any atom is 0.0959 e. The summed E-state index contributed by atoms with van der Waals surface area (Å²) < 4.78 is 1.73. The highest BCUT2D eigenvalue weighted by molar-refractivity contribution is 5.11. The van der Waals surface area contributed by atoms with Crippen molar-refractivity contribution in [2.24, 2.45) is 7.05 Å². The van der Waals surface area contributed by atoms with E-state index in [0.29, 0.717) is 6.42 Å². The van der Waals surface area contributed by atoms with Crippen LogP contribution in [0.25, 0.3) is 0 Å². The van der Waals surface area contributed by atoms with E-state index in [9.17, 15) is 5.11 Å². The second-order valence-electron chi connectivity index (χ2n) is 3.22. The number of hydrogen-bond acceptors (Lipinski definition) is 2. The summed E-state index contributed by atoms with van der Waals surface area (Å²) in [6.07, 6.45) is 2.92. The topological polar surface area (TPSA) is 38.1 Å². The minimum atomic E-state index is -0.427. The lowest BCUT2D eigenvalue weighted by atomic mass is 10.1. The largest absolute Gasteiger partial charge is 0.387 e. The molecule has 0 saturated heterocycles. The molecule has 0 saturated carbocycles. The Labute approximate surface area is 78.7 Å². The summed E-state index contributed by atoms with van der Waals surface area (Å²) in [5, 5.41) is 13.9. The smallest absolute Gasteiger partial charge is 0.0959 e.